The second-order valence-electron chi connectivity index (χ2n) is 10.3. The van der Waals surface area contributed by atoms with Gasteiger partial charge in [-0.3, -0.25) is 4.79 Å². The molecule has 0 heterocycles. The zero-order chi connectivity index (χ0) is 23.6. The van der Waals surface area contributed by atoms with Gasteiger partial charge in [0.1, 0.15) is 0 Å². The molecule has 0 atom stereocenters. The topological polar surface area (TPSA) is 26.3 Å². The monoisotopic (exact) mass is 438 g/mol. The summed E-state index contributed by atoms with van der Waals surface area (Å²) in [6.07, 6.45) is 2.24. The van der Waals surface area contributed by atoms with E-state index in [4.69, 9.17) is 4.74 Å². The van der Waals surface area contributed by atoms with Crippen LogP contribution in [0, 0.1) is 0 Å². The standard InChI is InChI=1S/C31H34O2/c1-30(2,17-9-12-29(32)33-5)27-15-13-22-19-25-21-28(16-14-23(25)18-24(22)20-27)31(3,4)26-10-7-6-8-11-26/h6-8,10-11,13-16,18-21H,9,12,17H2,1-5H3. The molecule has 0 N–H and O–H groups in total. The Labute approximate surface area is 197 Å². The first-order valence-corrected chi connectivity index (χ1v) is 11.8. The molecule has 4 rings (SSSR count). The molecule has 0 saturated carbocycles. The molecule has 0 saturated heterocycles. The van der Waals surface area contributed by atoms with Crippen LogP contribution in [0.3, 0.4) is 0 Å². The van der Waals surface area contributed by atoms with Crippen LogP contribution >= 0.6 is 0 Å². The number of hydrogen-bond donors (Lipinski definition) is 0. The molecule has 4 aromatic carbocycles. The highest BCUT2D eigenvalue weighted by Crippen LogP contribution is 2.36. The zero-order valence-corrected chi connectivity index (χ0v) is 20.4. The third kappa shape index (κ3) is 4.80. The first-order chi connectivity index (χ1) is 15.7. The summed E-state index contributed by atoms with van der Waals surface area (Å²) in [5.41, 5.74) is 3.90. The number of ether oxygens (including phenoxy) is 1. The van der Waals surface area contributed by atoms with Crippen LogP contribution in [-0.4, -0.2) is 13.1 Å². The van der Waals surface area contributed by atoms with Crippen molar-refractivity contribution in [2.45, 2.75) is 57.8 Å². The Kier molecular flexibility index (Phi) is 6.30. The quantitative estimate of drug-likeness (QED) is 0.216. The van der Waals surface area contributed by atoms with Crippen LogP contribution < -0.4 is 0 Å². The van der Waals surface area contributed by atoms with Gasteiger partial charge in [-0.2, -0.15) is 0 Å². The molecule has 0 radical (unpaired) electrons. The minimum absolute atomic E-state index is 0.000728. The number of esters is 1. The summed E-state index contributed by atoms with van der Waals surface area (Å²) in [4.78, 5) is 11.5. The van der Waals surface area contributed by atoms with Gasteiger partial charge in [-0.25, -0.2) is 0 Å². The van der Waals surface area contributed by atoms with Crippen LogP contribution in [-0.2, 0) is 20.4 Å². The molecular weight excluding hydrogens is 404 g/mol. The maximum absolute atomic E-state index is 11.5. The first-order valence-electron chi connectivity index (χ1n) is 11.8. The summed E-state index contributed by atoms with van der Waals surface area (Å²) in [7, 11) is 1.45. The van der Waals surface area contributed by atoms with Gasteiger partial charge in [0.15, 0.2) is 0 Å². The molecule has 0 aliphatic rings. The fourth-order valence-electron chi connectivity index (χ4n) is 4.75. The fraction of sp³-hybridized carbons (Fsp3) is 0.323. The normalized spacial score (nSPS) is 12.3. The molecule has 170 valence electrons. The van der Waals surface area contributed by atoms with Crippen LogP contribution in [0.4, 0.5) is 0 Å². The van der Waals surface area contributed by atoms with Gasteiger partial charge in [-0.05, 0) is 68.6 Å². The van der Waals surface area contributed by atoms with E-state index in [-0.39, 0.29) is 16.8 Å². The van der Waals surface area contributed by atoms with Crippen molar-refractivity contribution in [2.75, 3.05) is 7.11 Å². The van der Waals surface area contributed by atoms with Gasteiger partial charge >= 0.3 is 5.97 Å². The SMILES string of the molecule is COC(=O)CCCC(C)(C)c1ccc2cc3cc(C(C)(C)c4ccccc4)ccc3cc2c1. The van der Waals surface area contributed by atoms with Gasteiger partial charge in [0.05, 0.1) is 7.11 Å². The van der Waals surface area contributed by atoms with E-state index in [1.165, 1.54) is 45.3 Å². The van der Waals surface area contributed by atoms with E-state index >= 15 is 0 Å². The molecule has 0 bridgehead atoms. The molecule has 0 aliphatic carbocycles. The number of rotatable bonds is 7. The van der Waals surface area contributed by atoms with E-state index < -0.39 is 0 Å². The molecule has 0 aliphatic heterocycles. The molecule has 2 nitrogen and oxygen atoms in total. The van der Waals surface area contributed by atoms with E-state index in [0.717, 1.165) is 12.8 Å². The Morgan fingerprint density at radius 1 is 0.697 bits per heavy atom. The van der Waals surface area contributed by atoms with Crippen molar-refractivity contribution in [1.29, 1.82) is 0 Å². The number of methoxy groups -OCH3 is 1. The molecule has 0 fully saturated rings. The van der Waals surface area contributed by atoms with Crippen molar-refractivity contribution in [3.8, 4) is 0 Å². The van der Waals surface area contributed by atoms with Gasteiger partial charge in [0.2, 0.25) is 0 Å². The number of fused-ring (bicyclic) bond motifs is 2. The molecule has 33 heavy (non-hydrogen) atoms. The molecule has 2 heteroatoms. The van der Waals surface area contributed by atoms with Crippen LogP contribution in [0.15, 0.2) is 78.9 Å². The smallest absolute Gasteiger partial charge is 0.305 e. The van der Waals surface area contributed by atoms with Gasteiger partial charge in [0.25, 0.3) is 0 Å². The lowest BCUT2D eigenvalue weighted by atomic mass is 9.77. The second kappa shape index (κ2) is 9.02. The summed E-state index contributed by atoms with van der Waals surface area (Å²) >= 11 is 0. The van der Waals surface area contributed by atoms with Gasteiger partial charge in [0, 0.05) is 11.8 Å². The molecule has 0 amide bonds. The summed E-state index contributed by atoms with van der Waals surface area (Å²) < 4.78 is 4.78. The van der Waals surface area contributed by atoms with E-state index in [0.29, 0.717) is 6.42 Å². The minimum Gasteiger partial charge on any atom is -0.469 e. The highest BCUT2D eigenvalue weighted by molar-refractivity contribution is 5.98. The Morgan fingerprint density at radius 3 is 1.88 bits per heavy atom. The van der Waals surface area contributed by atoms with E-state index in [1.54, 1.807) is 0 Å². The van der Waals surface area contributed by atoms with Crippen molar-refractivity contribution in [3.63, 3.8) is 0 Å². The van der Waals surface area contributed by atoms with Crippen molar-refractivity contribution in [1.82, 2.24) is 0 Å². The van der Waals surface area contributed by atoms with E-state index in [9.17, 15) is 4.79 Å². The van der Waals surface area contributed by atoms with Crippen molar-refractivity contribution >= 4 is 27.5 Å². The fourth-order valence-corrected chi connectivity index (χ4v) is 4.75. The molecule has 0 spiro atoms. The number of hydrogen-bond acceptors (Lipinski definition) is 2. The Bertz CT molecular complexity index is 1280. The Balaban J connectivity index is 1.65. The van der Waals surface area contributed by atoms with Gasteiger partial charge in [-0.1, -0.05) is 94.4 Å². The number of carbonyl (C=O) groups excluding carboxylic acids is 1. The van der Waals surface area contributed by atoms with Crippen molar-refractivity contribution in [3.05, 3.63) is 95.6 Å². The van der Waals surface area contributed by atoms with Crippen LogP contribution in [0.25, 0.3) is 21.5 Å². The average molecular weight is 439 g/mol. The second-order valence-corrected chi connectivity index (χ2v) is 10.3. The minimum atomic E-state index is -0.134. The van der Waals surface area contributed by atoms with Crippen LogP contribution in [0.1, 0.15) is 63.6 Å². The lowest BCUT2D eigenvalue weighted by Gasteiger charge is -2.27. The summed E-state index contributed by atoms with van der Waals surface area (Å²) in [5, 5.41) is 5.05. The molecule has 0 aromatic heterocycles. The third-order valence-electron chi connectivity index (χ3n) is 7.20. The van der Waals surface area contributed by atoms with Crippen LogP contribution in [0.2, 0.25) is 0 Å². The molecule has 4 aromatic rings. The summed E-state index contributed by atoms with van der Waals surface area (Å²) in [6, 6.07) is 29.0. The molecular formula is C31H34O2. The predicted molar refractivity (Wildman–Crippen MR) is 139 cm³/mol. The van der Waals surface area contributed by atoms with Gasteiger partial charge in [-0.15, -0.1) is 0 Å². The highest BCUT2D eigenvalue weighted by atomic mass is 16.5. The Hall–Kier alpha value is -3.13. The van der Waals surface area contributed by atoms with Gasteiger partial charge < -0.3 is 4.74 Å². The Morgan fingerprint density at radius 2 is 1.27 bits per heavy atom. The van der Waals surface area contributed by atoms with E-state index in [2.05, 4.69) is 107 Å². The lowest BCUT2D eigenvalue weighted by Crippen LogP contribution is -2.18. The highest BCUT2D eigenvalue weighted by Gasteiger charge is 2.24. The third-order valence-corrected chi connectivity index (χ3v) is 7.20. The van der Waals surface area contributed by atoms with Crippen molar-refractivity contribution in [2.24, 2.45) is 0 Å². The average Bonchev–Trinajstić information content (AvgIpc) is 2.82. The van der Waals surface area contributed by atoms with Crippen molar-refractivity contribution < 1.29 is 9.53 Å². The number of carbonyl (C=O) groups is 1. The predicted octanol–water partition coefficient (Wildman–Crippen LogP) is 7.94. The maximum Gasteiger partial charge on any atom is 0.305 e. The largest absolute Gasteiger partial charge is 0.469 e. The summed E-state index contributed by atoms with van der Waals surface area (Å²) in [6.45, 7) is 9.09. The van der Waals surface area contributed by atoms with Crippen LogP contribution in [0.5, 0.6) is 0 Å². The lowest BCUT2D eigenvalue weighted by molar-refractivity contribution is -0.140. The maximum atomic E-state index is 11.5. The molecule has 0 unspecified atom stereocenters. The summed E-state index contributed by atoms with van der Waals surface area (Å²) in [5.74, 6) is -0.134. The first kappa shape index (κ1) is 23.0. The van der Waals surface area contributed by atoms with E-state index in [1.807, 2.05) is 0 Å². The number of benzene rings is 4. The zero-order valence-electron chi connectivity index (χ0n) is 20.4.